The number of benzene rings is 2. The summed E-state index contributed by atoms with van der Waals surface area (Å²) < 4.78 is 26.1. The number of nitrogens with zero attached hydrogens (tertiary/aromatic N) is 1. The van der Waals surface area contributed by atoms with Crippen LogP contribution in [-0.2, 0) is 9.59 Å². The Morgan fingerprint density at radius 3 is 2.61 bits per heavy atom. The van der Waals surface area contributed by atoms with Crippen molar-refractivity contribution < 1.29 is 23.5 Å². The van der Waals surface area contributed by atoms with Gasteiger partial charge in [-0.05, 0) is 43.2 Å². The van der Waals surface area contributed by atoms with E-state index in [1.165, 1.54) is 12.1 Å². The zero-order valence-electron chi connectivity index (χ0n) is 18.4. The molecule has 0 unspecified atom stereocenters. The predicted octanol–water partition coefficient (Wildman–Crippen LogP) is 3.91. The summed E-state index contributed by atoms with van der Waals surface area (Å²) in [5, 5.41) is 6.16. The van der Waals surface area contributed by atoms with Crippen LogP contribution >= 0.6 is 0 Å². The third-order valence-corrected chi connectivity index (χ3v) is 5.50. The van der Waals surface area contributed by atoms with E-state index in [2.05, 4.69) is 15.6 Å². The molecule has 1 aromatic heterocycles. The molecule has 1 saturated carbocycles. The van der Waals surface area contributed by atoms with Crippen molar-refractivity contribution in [3.05, 3.63) is 48.4 Å². The second-order valence-electron chi connectivity index (χ2n) is 8.08. The molecule has 1 heterocycles. The Morgan fingerprint density at radius 2 is 1.94 bits per heavy atom. The zero-order valence-corrected chi connectivity index (χ0v) is 18.4. The number of ketones is 1. The van der Waals surface area contributed by atoms with Crippen LogP contribution in [0.2, 0.25) is 0 Å². The number of nitrogens with one attached hydrogen (secondary N) is 2. The number of halogens is 1. The lowest BCUT2D eigenvalue weighted by molar-refractivity contribution is -0.134. The molecule has 2 aromatic carbocycles. The monoisotopic (exact) mass is 452 g/mol. The van der Waals surface area contributed by atoms with Crippen LogP contribution in [0.5, 0.6) is 11.5 Å². The van der Waals surface area contributed by atoms with E-state index < -0.39 is 17.5 Å². The number of nitrogens with two attached hydrogens (primary N) is 1. The van der Waals surface area contributed by atoms with Gasteiger partial charge in [0, 0.05) is 35.4 Å². The standard InChI is InChI=1S/C24H25FN4O4/c1-3-20(30)23(31)28-14-4-5-18(16(25)10-14)29-17-6-9-27-19-12-22(21(32-2)11-15(17)19)33-13-24(26)7-8-24/h4-6,9-12H,3,7-8,13,26H2,1-2H3,(H,27,29)(H,28,31). The Morgan fingerprint density at radius 1 is 1.15 bits per heavy atom. The number of fused-ring (bicyclic) bond motifs is 1. The summed E-state index contributed by atoms with van der Waals surface area (Å²) in [4.78, 5) is 27.6. The molecule has 3 aromatic rings. The highest BCUT2D eigenvalue weighted by Gasteiger charge is 2.39. The second-order valence-corrected chi connectivity index (χ2v) is 8.08. The van der Waals surface area contributed by atoms with Crippen LogP contribution in [0.25, 0.3) is 10.9 Å². The number of pyridine rings is 1. The lowest BCUT2D eigenvalue weighted by Crippen LogP contribution is -2.29. The molecule has 172 valence electrons. The van der Waals surface area contributed by atoms with E-state index in [1.807, 2.05) is 0 Å². The minimum atomic E-state index is -0.773. The number of hydrogen-bond donors (Lipinski definition) is 3. The van der Waals surface area contributed by atoms with Crippen molar-refractivity contribution in [3.8, 4) is 11.5 Å². The van der Waals surface area contributed by atoms with Gasteiger partial charge in [0.25, 0.3) is 5.91 Å². The molecule has 1 amide bonds. The van der Waals surface area contributed by atoms with E-state index >= 15 is 0 Å². The minimum Gasteiger partial charge on any atom is -0.493 e. The average molecular weight is 452 g/mol. The number of aromatic nitrogens is 1. The number of anilines is 3. The number of amides is 1. The number of Topliss-reactive ketones (excluding diaryl/α,β-unsaturated/α-hetero) is 1. The lowest BCUT2D eigenvalue weighted by Gasteiger charge is -2.16. The predicted molar refractivity (Wildman–Crippen MR) is 124 cm³/mol. The van der Waals surface area contributed by atoms with Gasteiger partial charge in [-0.15, -0.1) is 0 Å². The summed E-state index contributed by atoms with van der Waals surface area (Å²) >= 11 is 0. The van der Waals surface area contributed by atoms with Gasteiger partial charge in [-0.2, -0.15) is 0 Å². The van der Waals surface area contributed by atoms with Gasteiger partial charge in [0.1, 0.15) is 12.4 Å². The molecule has 0 radical (unpaired) electrons. The molecule has 33 heavy (non-hydrogen) atoms. The van der Waals surface area contributed by atoms with E-state index in [-0.39, 0.29) is 23.3 Å². The summed E-state index contributed by atoms with van der Waals surface area (Å²) in [6.07, 6.45) is 3.54. The summed E-state index contributed by atoms with van der Waals surface area (Å²) in [5.41, 5.74) is 7.48. The quantitative estimate of drug-likeness (QED) is 0.422. The molecule has 8 nitrogen and oxygen atoms in total. The van der Waals surface area contributed by atoms with Crippen molar-refractivity contribution in [1.29, 1.82) is 0 Å². The first kappa shape index (κ1) is 22.5. The van der Waals surface area contributed by atoms with Crippen LogP contribution in [0.4, 0.5) is 21.5 Å². The Hall–Kier alpha value is -3.72. The molecule has 0 saturated heterocycles. The smallest absolute Gasteiger partial charge is 0.291 e. The van der Waals surface area contributed by atoms with Gasteiger partial charge in [-0.1, -0.05) is 6.92 Å². The first-order chi connectivity index (χ1) is 15.8. The molecule has 4 N–H and O–H groups in total. The Bertz CT molecular complexity index is 1230. The molecule has 0 atom stereocenters. The molecular formula is C24H25FN4O4. The van der Waals surface area contributed by atoms with Crippen LogP contribution in [-0.4, -0.2) is 35.9 Å². The highest BCUT2D eigenvalue weighted by atomic mass is 19.1. The highest BCUT2D eigenvalue weighted by Crippen LogP contribution is 2.38. The fourth-order valence-corrected chi connectivity index (χ4v) is 3.26. The maximum atomic E-state index is 14.7. The van der Waals surface area contributed by atoms with Crippen LogP contribution in [0, 0.1) is 5.82 Å². The van der Waals surface area contributed by atoms with Crippen molar-refractivity contribution in [2.45, 2.75) is 31.7 Å². The number of rotatable bonds is 9. The van der Waals surface area contributed by atoms with Gasteiger partial charge in [-0.25, -0.2) is 4.39 Å². The van der Waals surface area contributed by atoms with Crippen LogP contribution in [0.15, 0.2) is 42.6 Å². The number of methoxy groups -OCH3 is 1. The molecule has 0 aliphatic heterocycles. The first-order valence-corrected chi connectivity index (χ1v) is 10.6. The number of ether oxygens (including phenoxy) is 2. The average Bonchev–Trinajstić information content (AvgIpc) is 3.55. The van der Waals surface area contributed by atoms with Gasteiger partial charge < -0.3 is 25.8 Å². The summed E-state index contributed by atoms with van der Waals surface area (Å²) in [7, 11) is 1.54. The molecular weight excluding hydrogens is 427 g/mol. The zero-order chi connectivity index (χ0) is 23.6. The van der Waals surface area contributed by atoms with Gasteiger partial charge in [0.2, 0.25) is 5.78 Å². The normalized spacial score (nSPS) is 13.9. The number of carbonyl (C=O) groups is 2. The van der Waals surface area contributed by atoms with Gasteiger partial charge in [0.15, 0.2) is 11.5 Å². The lowest BCUT2D eigenvalue weighted by atomic mass is 10.1. The van der Waals surface area contributed by atoms with Gasteiger partial charge >= 0.3 is 0 Å². The van der Waals surface area contributed by atoms with Crippen molar-refractivity contribution in [3.63, 3.8) is 0 Å². The third-order valence-electron chi connectivity index (χ3n) is 5.50. The van der Waals surface area contributed by atoms with E-state index in [9.17, 15) is 14.0 Å². The fraction of sp³-hybridized carbons (Fsp3) is 0.292. The van der Waals surface area contributed by atoms with Crippen molar-refractivity contribution in [2.75, 3.05) is 24.4 Å². The third kappa shape index (κ3) is 5.04. The Balaban J connectivity index is 1.58. The van der Waals surface area contributed by atoms with Crippen molar-refractivity contribution in [2.24, 2.45) is 5.73 Å². The molecule has 1 fully saturated rings. The SMILES string of the molecule is CCC(=O)C(=O)Nc1ccc(Nc2ccnc3cc(OCC4(N)CC4)c(OC)cc23)c(F)c1. The number of carbonyl (C=O) groups excluding carboxylic acids is 2. The Kier molecular flexibility index (Phi) is 6.15. The molecule has 0 spiro atoms. The maximum absolute atomic E-state index is 14.7. The van der Waals surface area contributed by atoms with E-state index in [4.69, 9.17) is 15.2 Å². The van der Waals surface area contributed by atoms with Gasteiger partial charge in [-0.3, -0.25) is 14.6 Å². The topological polar surface area (TPSA) is 116 Å². The van der Waals surface area contributed by atoms with E-state index in [0.29, 0.717) is 34.7 Å². The summed E-state index contributed by atoms with van der Waals surface area (Å²) in [6, 6.07) is 9.42. The highest BCUT2D eigenvalue weighted by molar-refractivity contribution is 6.40. The summed E-state index contributed by atoms with van der Waals surface area (Å²) in [6.45, 7) is 1.98. The minimum absolute atomic E-state index is 0.0758. The van der Waals surface area contributed by atoms with Crippen LogP contribution in [0.3, 0.4) is 0 Å². The van der Waals surface area contributed by atoms with E-state index in [1.54, 1.807) is 38.4 Å². The van der Waals surface area contributed by atoms with Crippen LogP contribution < -0.4 is 25.8 Å². The molecule has 9 heteroatoms. The molecule has 1 aliphatic rings. The largest absolute Gasteiger partial charge is 0.493 e. The first-order valence-electron chi connectivity index (χ1n) is 10.6. The fourth-order valence-electron chi connectivity index (χ4n) is 3.26. The Labute approximate surface area is 190 Å². The molecule has 1 aliphatic carbocycles. The van der Waals surface area contributed by atoms with Gasteiger partial charge in [0.05, 0.1) is 23.9 Å². The van der Waals surface area contributed by atoms with E-state index in [0.717, 1.165) is 18.9 Å². The molecule has 0 bridgehead atoms. The van der Waals surface area contributed by atoms with Crippen LogP contribution in [0.1, 0.15) is 26.2 Å². The number of hydrogen-bond acceptors (Lipinski definition) is 7. The van der Waals surface area contributed by atoms with Crippen molar-refractivity contribution >= 4 is 39.7 Å². The second kappa shape index (κ2) is 9.03. The van der Waals surface area contributed by atoms with Crippen molar-refractivity contribution in [1.82, 2.24) is 4.98 Å². The summed E-state index contributed by atoms with van der Waals surface area (Å²) in [5.74, 6) is -0.880. The maximum Gasteiger partial charge on any atom is 0.291 e. The molecule has 4 rings (SSSR count).